The lowest BCUT2D eigenvalue weighted by atomic mass is 9.95. The van der Waals surface area contributed by atoms with Crippen LogP contribution in [0.25, 0.3) is 0 Å². The van der Waals surface area contributed by atoms with Crippen molar-refractivity contribution in [2.24, 2.45) is 13.0 Å². The van der Waals surface area contributed by atoms with E-state index < -0.39 is 5.60 Å². The van der Waals surface area contributed by atoms with Crippen LogP contribution in [-0.4, -0.2) is 26.2 Å². The molecule has 3 nitrogen and oxygen atoms in total. The van der Waals surface area contributed by atoms with Gasteiger partial charge in [-0.3, -0.25) is 4.68 Å². The Labute approximate surface area is 89.5 Å². The predicted octanol–water partition coefficient (Wildman–Crippen LogP) is 1.92. The molecule has 0 aliphatic rings. The van der Waals surface area contributed by atoms with Gasteiger partial charge >= 0.3 is 0 Å². The zero-order chi connectivity index (χ0) is 10.8. The second kappa shape index (κ2) is 4.36. The van der Waals surface area contributed by atoms with Gasteiger partial charge in [-0.05, 0) is 12.8 Å². The molecule has 14 heavy (non-hydrogen) atoms. The van der Waals surface area contributed by atoms with E-state index in [9.17, 15) is 5.11 Å². The third-order valence-electron chi connectivity index (χ3n) is 2.46. The molecule has 80 valence electrons. The summed E-state index contributed by atoms with van der Waals surface area (Å²) in [4.78, 5) is 1.11. The fourth-order valence-corrected chi connectivity index (χ4v) is 2.01. The minimum atomic E-state index is -0.611. The molecule has 0 bridgehead atoms. The summed E-state index contributed by atoms with van der Waals surface area (Å²) in [6.07, 6.45) is 3.78. The van der Waals surface area contributed by atoms with Gasteiger partial charge < -0.3 is 5.11 Å². The quantitative estimate of drug-likeness (QED) is 0.778. The van der Waals surface area contributed by atoms with E-state index in [0.717, 1.165) is 4.90 Å². The predicted molar refractivity (Wildman–Crippen MR) is 59.4 cm³/mol. The molecule has 0 fully saturated rings. The van der Waals surface area contributed by atoms with Gasteiger partial charge in [0.05, 0.1) is 11.8 Å². The molecule has 0 amide bonds. The molecule has 0 radical (unpaired) electrons. The highest BCUT2D eigenvalue weighted by Gasteiger charge is 2.24. The normalized spacial score (nSPS) is 15.9. The highest BCUT2D eigenvalue weighted by molar-refractivity contribution is 7.99. The summed E-state index contributed by atoms with van der Waals surface area (Å²) in [5.74, 6) is 0.975. The Bertz CT molecular complexity index is 294. The van der Waals surface area contributed by atoms with Gasteiger partial charge in [-0.1, -0.05) is 13.8 Å². The van der Waals surface area contributed by atoms with Crippen molar-refractivity contribution in [2.75, 3.05) is 5.75 Å². The first-order chi connectivity index (χ1) is 6.42. The Balaban J connectivity index is 2.48. The molecule has 0 aromatic carbocycles. The lowest BCUT2D eigenvalue weighted by Crippen LogP contribution is -2.33. The number of rotatable bonds is 4. The first kappa shape index (κ1) is 11.6. The molecule has 1 heterocycles. The molecule has 0 saturated heterocycles. The molecule has 0 saturated carbocycles. The van der Waals surface area contributed by atoms with E-state index in [2.05, 4.69) is 5.10 Å². The van der Waals surface area contributed by atoms with Crippen LogP contribution in [0.4, 0.5) is 0 Å². The van der Waals surface area contributed by atoms with Gasteiger partial charge in [0, 0.05) is 23.9 Å². The smallest absolute Gasteiger partial charge is 0.0736 e. The largest absolute Gasteiger partial charge is 0.389 e. The molecule has 1 aromatic heterocycles. The third-order valence-corrected chi connectivity index (χ3v) is 3.73. The average molecular weight is 214 g/mol. The second-order valence-corrected chi connectivity index (χ2v) is 5.20. The Morgan fingerprint density at radius 3 is 2.71 bits per heavy atom. The fourth-order valence-electron chi connectivity index (χ4n) is 0.869. The second-order valence-electron chi connectivity index (χ2n) is 4.15. The van der Waals surface area contributed by atoms with Gasteiger partial charge in [-0.25, -0.2) is 0 Å². The van der Waals surface area contributed by atoms with E-state index in [1.165, 1.54) is 0 Å². The highest BCUT2D eigenvalue weighted by atomic mass is 32.2. The van der Waals surface area contributed by atoms with E-state index in [-0.39, 0.29) is 5.92 Å². The highest BCUT2D eigenvalue weighted by Crippen LogP contribution is 2.26. The SMILES string of the molecule is CC(C)C(C)(O)CSc1cnn(C)c1. The minimum absolute atomic E-state index is 0.270. The van der Waals surface area contributed by atoms with E-state index in [4.69, 9.17) is 0 Å². The topological polar surface area (TPSA) is 38.1 Å². The van der Waals surface area contributed by atoms with Gasteiger partial charge in [-0.15, -0.1) is 11.8 Å². The molecule has 0 spiro atoms. The van der Waals surface area contributed by atoms with Crippen molar-refractivity contribution in [1.82, 2.24) is 9.78 Å². The molecule has 1 N–H and O–H groups in total. The maximum absolute atomic E-state index is 10.0. The van der Waals surface area contributed by atoms with Crippen LogP contribution in [0.5, 0.6) is 0 Å². The summed E-state index contributed by atoms with van der Waals surface area (Å²) in [5, 5.41) is 14.1. The van der Waals surface area contributed by atoms with Crippen molar-refractivity contribution >= 4 is 11.8 Å². The maximum atomic E-state index is 10.0. The van der Waals surface area contributed by atoms with Crippen molar-refractivity contribution < 1.29 is 5.11 Å². The van der Waals surface area contributed by atoms with Crippen molar-refractivity contribution in [3.05, 3.63) is 12.4 Å². The fraction of sp³-hybridized carbons (Fsp3) is 0.700. The van der Waals surface area contributed by atoms with Gasteiger partial charge in [0.2, 0.25) is 0 Å². The van der Waals surface area contributed by atoms with Crippen LogP contribution in [0.1, 0.15) is 20.8 Å². The number of aromatic nitrogens is 2. The van der Waals surface area contributed by atoms with Gasteiger partial charge in [0.1, 0.15) is 0 Å². The van der Waals surface area contributed by atoms with Crippen LogP contribution in [0.15, 0.2) is 17.3 Å². The van der Waals surface area contributed by atoms with Crippen molar-refractivity contribution in [3.8, 4) is 0 Å². The van der Waals surface area contributed by atoms with Crippen molar-refractivity contribution in [2.45, 2.75) is 31.3 Å². The van der Waals surface area contributed by atoms with Crippen LogP contribution in [0.3, 0.4) is 0 Å². The average Bonchev–Trinajstić information content (AvgIpc) is 2.48. The Morgan fingerprint density at radius 2 is 2.29 bits per heavy atom. The number of nitrogens with zero attached hydrogens (tertiary/aromatic N) is 2. The van der Waals surface area contributed by atoms with E-state index in [1.54, 1.807) is 16.4 Å². The zero-order valence-electron chi connectivity index (χ0n) is 9.19. The Morgan fingerprint density at radius 1 is 1.64 bits per heavy atom. The molecule has 1 aromatic rings. The van der Waals surface area contributed by atoms with Crippen molar-refractivity contribution in [1.29, 1.82) is 0 Å². The lowest BCUT2D eigenvalue weighted by molar-refractivity contribution is 0.0376. The summed E-state index contributed by atoms with van der Waals surface area (Å²) in [7, 11) is 1.89. The molecule has 1 rings (SSSR count). The molecular weight excluding hydrogens is 196 g/mol. The summed E-state index contributed by atoms with van der Waals surface area (Å²) in [6.45, 7) is 5.94. The summed E-state index contributed by atoms with van der Waals surface area (Å²) in [6, 6.07) is 0. The molecule has 0 aliphatic carbocycles. The van der Waals surface area contributed by atoms with Gasteiger partial charge in [0.15, 0.2) is 0 Å². The summed E-state index contributed by atoms with van der Waals surface area (Å²) < 4.78 is 1.77. The molecule has 1 unspecified atom stereocenters. The lowest BCUT2D eigenvalue weighted by Gasteiger charge is -2.26. The molecule has 1 atom stereocenters. The number of aryl methyl sites for hydroxylation is 1. The van der Waals surface area contributed by atoms with Crippen LogP contribution in [-0.2, 0) is 7.05 Å². The van der Waals surface area contributed by atoms with Crippen LogP contribution in [0.2, 0.25) is 0 Å². The number of hydrogen-bond donors (Lipinski definition) is 1. The third kappa shape index (κ3) is 3.03. The first-order valence-corrected chi connectivity index (χ1v) is 5.74. The van der Waals surface area contributed by atoms with E-state index in [1.807, 2.05) is 40.2 Å². The van der Waals surface area contributed by atoms with Crippen LogP contribution in [0, 0.1) is 5.92 Å². The number of hydrogen-bond acceptors (Lipinski definition) is 3. The van der Waals surface area contributed by atoms with Crippen LogP contribution >= 0.6 is 11.8 Å². The zero-order valence-corrected chi connectivity index (χ0v) is 10.0. The standard InChI is InChI=1S/C10H18N2OS/c1-8(2)10(3,13)7-14-9-5-11-12(4)6-9/h5-6,8,13H,7H2,1-4H3. The Kier molecular flexibility index (Phi) is 3.61. The first-order valence-electron chi connectivity index (χ1n) is 4.75. The molecule has 4 heteroatoms. The monoisotopic (exact) mass is 214 g/mol. The number of aliphatic hydroxyl groups is 1. The summed E-state index contributed by atoms with van der Waals surface area (Å²) in [5.41, 5.74) is -0.611. The summed E-state index contributed by atoms with van der Waals surface area (Å²) >= 11 is 1.64. The maximum Gasteiger partial charge on any atom is 0.0736 e. The minimum Gasteiger partial charge on any atom is -0.389 e. The van der Waals surface area contributed by atoms with Crippen molar-refractivity contribution in [3.63, 3.8) is 0 Å². The molecular formula is C10H18N2OS. The van der Waals surface area contributed by atoms with E-state index in [0.29, 0.717) is 5.75 Å². The number of thioether (sulfide) groups is 1. The molecule has 0 aliphatic heterocycles. The van der Waals surface area contributed by atoms with Gasteiger partial charge in [-0.2, -0.15) is 5.10 Å². The van der Waals surface area contributed by atoms with E-state index >= 15 is 0 Å². The van der Waals surface area contributed by atoms with Gasteiger partial charge in [0.25, 0.3) is 0 Å². The van der Waals surface area contributed by atoms with Crippen LogP contribution < -0.4 is 0 Å². The Hall–Kier alpha value is -0.480.